The lowest BCUT2D eigenvalue weighted by Gasteiger charge is -2.48. The molecule has 0 aromatic heterocycles. The van der Waals surface area contributed by atoms with Crippen molar-refractivity contribution in [3.8, 4) is 0 Å². The Kier molecular flexibility index (Phi) is 6.76. The molecule has 2 aliphatic rings. The van der Waals surface area contributed by atoms with Crippen LogP contribution in [0.3, 0.4) is 0 Å². The van der Waals surface area contributed by atoms with Gasteiger partial charge in [0.15, 0.2) is 12.4 Å². The number of hydrogen-bond donors (Lipinski definition) is 1. The molecule has 2 aliphatic heterocycles. The minimum atomic E-state index is -0.994. The first-order valence-corrected chi connectivity index (χ1v) is 10.0. The lowest BCUT2D eigenvalue weighted by Crippen LogP contribution is -2.65. The predicted octanol–water partition coefficient (Wildman–Crippen LogP) is 2.20. The molecule has 2 saturated heterocycles. The van der Waals surface area contributed by atoms with E-state index < -0.39 is 42.8 Å². The van der Waals surface area contributed by atoms with Crippen LogP contribution in [0.5, 0.6) is 0 Å². The second kappa shape index (κ2) is 9.68. The van der Waals surface area contributed by atoms with E-state index in [1.165, 1.54) is 7.11 Å². The first-order valence-electron chi connectivity index (χ1n) is 10.0. The Balaban J connectivity index is 1.56. The van der Waals surface area contributed by atoms with E-state index >= 15 is 0 Å². The summed E-state index contributed by atoms with van der Waals surface area (Å²) in [6.45, 7) is 0.609. The number of carbonyl (C=O) groups excluding carboxylic acids is 1. The van der Waals surface area contributed by atoms with Gasteiger partial charge >= 0.3 is 5.97 Å². The van der Waals surface area contributed by atoms with Crippen molar-refractivity contribution in [2.24, 2.45) is 0 Å². The number of ether oxygens (including phenoxy) is 5. The van der Waals surface area contributed by atoms with Crippen LogP contribution in [-0.4, -0.2) is 55.0 Å². The van der Waals surface area contributed by atoms with Crippen LogP contribution in [0.2, 0.25) is 0 Å². The molecule has 0 unspecified atom stereocenters. The standard InChI is InChI=1S/C23H26O7/c1-26-23-22(28-14-16-10-6-3-7-11-16)20(27-13-15-8-4-2-5-9-15)21-19(30-23)17(24)12-18(25)29-21/h2-11,17,19-24H,12-14H2,1H3/t17-,19-,20-,21+,22+,23+/m0/s1. The van der Waals surface area contributed by atoms with E-state index in [2.05, 4.69) is 0 Å². The average Bonchev–Trinajstić information content (AvgIpc) is 2.77. The maximum Gasteiger partial charge on any atom is 0.308 e. The highest BCUT2D eigenvalue weighted by Crippen LogP contribution is 2.34. The normalized spacial score (nSPS) is 31.1. The zero-order valence-corrected chi connectivity index (χ0v) is 16.8. The molecule has 0 aliphatic carbocycles. The van der Waals surface area contributed by atoms with Gasteiger partial charge in [-0.05, 0) is 11.1 Å². The SMILES string of the molecule is CO[C@@H]1O[C@@H]2[C@@H](OC(=O)C[C@@H]2O)[C@H](OCc2ccccc2)[C@H]1OCc1ccccc1. The first-order chi connectivity index (χ1) is 14.7. The van der Waals surface area contributed by atoms with Gasteiger partial charge in [-0.25, -0.2) is 0 Å². The van der Waals surface area contributed by atoms with E-state index in [-0.39, 0.29) is 6.42 Å². The molecule has 160 valence electrons. The summed E-state index contributed by atoms with van der Waals surface area (Å²) >= 11 is 0. The van der Waals surface area contributed by atoms with E-state index in [4.69, 9.17) is 23.7 Å². The molecule has 0 radical (unpaired) electrons. The van der Waals surface area contributed by atoms with Crippen LogP contribution in [0, 0.1) is 0 Å². The monoisotopic (exact) mass is 414 g/mol. The molecule has 4 rings (SSSR count). The molecule has 0 saturated carbocycles. The molecular weight excluding hydrogens is 388 g/mol. The van der Waals surface area contributed by atoms with Crippen molar-refractivity contribution in [2.75, 3.05) is 7.11 Å². The Labute approximate surface area is 175 Å². The number of fused-ring (bicyclic) bond motifs is 1. The van der Waals surface area contributed by atoms with Crippen molar-refractivity contribution in [3.63, 3.8) is 0 Å². The molecule has 2 fully saturated rings. The van der Waals surface area contributed by atoms with Crippen LogP contribution in [0.25, 0.3) is 0 Å². The van der Waals surface area contributed by atoms with E-state index in [0.717, 1.165) is 11.1 Å². The van der Waals surface area contributed by atoms with Crippen LogP contribution in [-0.2, 0) is 41.7 Å². The van der Waals surface area contributed by atoms with E-state index in [1.807, 2.05) is 60.7 Å². The lowest BCUT2D eigenvalue weighted by atomic mass is 9.91. The van der Waals surface area contributed by atoms with Crippen molar-refractivity contribution in [3.05, 3.63) is 71.8 Å². The van der Waals surface area contributed by atoms with Crippen LogP contribution in [0.1, 0.15) is 17.5 Å². The van der Waals surface area contributed by atoms with Gasteiger partial charge in [-0.2, -0.15) is 0 Å². The Hall–Kier alpha value is -2.29. The van der Waals surface area contributed by atoms with Crippen molar-refractivity contribution in [1.82, 2.24) is 0 Å². The van der Waals surface area contributed by atoms with Gasteiger partial charge in [0, 0.05) is 7.11 Å². The van der Waals surface area contributed by atoms with Gasteiger partial charge in [0.05, 0.1) is 25.7 Å². The van der Waals surface area contributed by atoms with Gasteiger partial charge in [-0.1, -0.05) is 60.7 Å². The molecule has 2 aromatic rings. The molecule has 7 heteroatoms. The van der Waals surface area contributed by atoms with Crippen LogP contribution in [0.15, 0.2) is 60.7 Å². The molecule has 0 amide bonds. The fourth-order valence-corrected chi connectivity index (χ4v) is 3.86. The Bertz CT molecular complexity index is 813. The maximum absolute atomic E-state index is 12.0. The molecule has 7 nitrogen and oxygen atoms in total. The average molecular weight is 414 g/mol. The van der Waals surface area contributed by atoms with Crippen molar-refractivity contribution >= 4 is 5.97 Å². The lowest BCUT2D eigenvalue weighted by molar-refractivity contribution is -0.330. The largest absolute Gasteiger partial charge is 0.456 e. The summed E-state index contributed by atoms with van der Waals surface area (Å²) in [6.07, 6.45) is -4.76. The zero-order chi connectivity index (χ0) is 20.9. The first kappa shape index (κ1) is 21.0. The smallest absolute Gasteiger partial charge is 0.308 e. The van der Waals surface area contributed by atoms with Gasteiger partial charge in [0.2, 0.25) is 0 Å². The molecule has 0 spiro atoms. The number of rotatable bonds is 7. The molecule has 0 bridgehead atoms. The Morgan fingerprint density at radius 3 is 2.03 bits per heavy atom. The van der Waals surface area contributed by atoms with Crippen LogP contribution in [0.4, 0.5) is 0 Å². The van der Waals surface area contributed by atoms with Crippen LogP contribution >= 0.6 is 0 Å². The Morgan fingerprint density at radius 1 is 0.900 bits per heavy atom. The van der Waals surface area contributed by atoms with Crippen molar-refractivity contribution in [2.45, 2.75) is 56.4 Å². The summed E-state index contributed by atoms with van der Waals surface area (Å²) in [5.74, 6) is -0.488. The summed E-state index contributed by atoms with van der Waals surface area (Å²) in [7, 11) is 1.51. The fourth-order valence-electron chi connectivity index (χ4n) is 3.86. The number of esters is 1. The number of benzene rings is 2. The number of aliphatic hydroxyl groups is 1. The molecule has 1 N–H and O–H groups in total. The summed E-state index contributed by atoms with van der Waals surface area (Å²) in [4.78, 5) is 12.0. The van der Waals surface area contributed by atoms with E-state index in [1.54, 1.807) is 0 Å². The zero-order valence-electron chi connectivity index (χ0n) is 16.8. The third-order valence-corrected chi connectivity index (χ3v) is 5.36. The van der Waals surface area contributed by atoms with E-state index in [9.17, 15) is 9.90 Å². The number of carbonyl (C=O) groups is 1. The second-order valence-electron chi connectivity index (χ2n) is 7.45. The van der Waals surface area contributed by atoms with Gasteiger partial charge in [-0.15, -0.1) is 0 Å². The molecular formula is C23H26O7. The minimum absolute atomic E-state index is 0.126. The summed E-state index contributed by atoms with van der Waals surface area (Å²) in [5, 5.41) is 10.4. The van der Waals surface area contributed by atoms with Gasteiger partial charge in [-0.3, -0.25) is 4.79 Å². The quantitative estimate of drug-likeness (QED) is 0.696. The molecule has 30 heavy (non-hydrogen) atoms. The predicted molar refractivity (Wildman–Crippen MR) is 106 cm³/mol. The van der Waals surface area contributed by atoms with Gasteiger partial charge in [0.25, 0.3) is 0 Å². The topological polar surface area (TPSA) is 83.5 Å². The Morgan fingerprint density at radius 2 is 1.47 bits per heavy atom. The minimum Gasteiger partial charge on any atom is -0.456 e. The van der Waals surface area contributed by atoms with Crippen LogP contribution < -0.4 is 0 Å². The molecule has 2 aromatic carbocycles. The number of methoxy groups -OCH3 is 1. The third kappa shape index (κ3) is 4.71. The van der Waals surface area contributed by atoms with Crippen molar-refractivity contribution < 1.29 is 33.6 Å². The summed E-state index contributed by atoms with van der Waals surface area (Å²) < 4.78 is 29.3. The number of aliphatic hydroxyl groups excluding tert-OH is 1. The van der Waals surface area contributed by atoms with Gasteiger partial charge in [0.1, 0.15) is 18.3 Å². The summed E-state index contributed by atoms with van der Waals surface area (Å²) in [6, 6.07) is 19.4. The number of hydrogen-bond acceptors (Lipinski definition) is 7. The maximum atomic E-state index is 12.0. The molecule has 6 atom stereocenters. The van der Waals surface area contributed by atoms with E-state index in [0.29, 0.717) is 13.2 Å². The highest BCUT2D eigenvalue weighted by atomic mass is 16.7. The summed E-state index contributed by atoms with van der Waals surface area (Å²) in [5.41, 5.74) is 1.95. The third-order valence-electron chi connectivity index (χ3n) is 5.36. The highest BCUT2D eigenvalue weighted by Gasteiger charge is 2.54. The molecule has 2 heterocycles. The van der Waals surface area contributed by atoms with Crippen molar-refractivity contribution in [1.29, 1.82) is 0 Å². The second-order valence-corrected chi connectivity index (χ2v) is 7.45. The highest BCUT2D eigenvalue weighted by molar-refractivity contribution is 5.71. The fraction of sp³-hybridized carbons (Fsp3) is 0.435. The van der Waals surface area contributed by atoms with Gasteiger partial charge < -0.3 is 28.8 Å².